The number of rotatable bonds is 5. The Morgan fingerprint density at radius 2 is 1.79 bits per heavy atom. The summed E-state index contributed by atoms with van der Waals surface area (Å²) in [6, 6.07) is 7.03. The Kier molecular flexibility index (Phi) is 5.06. The Labute approximate surface area is 138 Å². The summed E-state index contributed by atoms with van der Waals surface area (Å²) in [7, 11) is 0. The first-order valence-corrected chi connectivity index (χ1v) is 7.66. The van der Waals surface area contributed by atoms with Crippen LogP contribution in [0.1, 0.15) is 29.9 Å². The van der Waals surface area contributed by atoms with E-state index >= 15 is 0 Å². The number of hydrogen-bond acceptors (Lipinski definition) is 4. The smallest absolute Gasteiger partial charge is 0.407 e. The molecule has 0 spiro atoms. The van der Waals surface area contributed by atoms with E-state index in [1.165, 1.54) is 0 Å². The molecule has 2 rings (SSSR count). The van der Waals surface area contributed by atoms with Gasteiger partial charge in [0.25, 0.3) is 0 Å². The fraction of sp³-hybridized carbons (Fsp3) is 0.500. The van der Waals surface area contributed by atoms with Crippen LogP contribution < -0.4 is 0 Å². The molecule has 0 aromatic heterocycles. The average Bonchev–Trinajstić information content (AvgIpc) is 2.53. The Balaban J connectivity index is 2.40. The highest BCUT2D eigenvalue weighted by Gasteiger charge is 2.51. The lowest BCUT2D eigenvalue weighted by Crippen LogP contribution is -2.50. The van der Waals surface area contributed by atoms with E-state index in [2.05, 4.69) is 0 Å². The molecular weight excluding hydrogens is 316 g/mol. The number of hydrogen-bond donors (Lipinski definition) is 2. The molecule has 130 valence electrons. The minimum Gasteiger partial charge on any atom is -0.481 e. The zero-order chi connectivity index (χ0) is 17.9. The van der Waals surface area contributed by atoms with Crippen LogP contribution in [0, 0.1) is 22.5 Å². The summed E-state index contributed by atoms with van der Waals surface area (Å²) in [5.41, 5.74) is 0.237. The predicted octanol–water partition coefficient (Wildman–Crippen LogP) is 2.20. The second kappa shape index (κ2) is 6.86. The van der Waals surface area contributed by atoms with Crippen molar-refractivity contribution in [1.82, 2.24) is 4.90 Å². The number of aliphatic carboxylic acids is 1. The molecule has 8 nitrogen and oxygen atoms in total. The van der Waals surface area contributed by atoms with Crippen molar-refractivity contribution in [1.29, 1.82) is 0 Å². The molecule has 1 fully saturated rings. The Morgan fingerprint density at radius 3 is 2.21 bits per heavy atom. The van der Waals surface area contributed by atoms with Crippen LogP contribution in [0.3, 0.4) is 0 Å². The van der Waals surface area contributed by atoms with Crippen molar-refractivity contribution in [3.05, 3.63) is 45.5 Å². The van der Waals surface area contributed by atoms with Crippen LogP contribution in [0.25, 0.3) is 0 Å². The van der Waals surface area contributed by atoms with Gasteiger partial charge in [-0.15, -0.1) is 0 Å². The quantitative estimate of drug-likeness (QED) is 0.628. The second-order valence-corrected chi connectivity index (χ2v) is 6.21. The molecule has 1 atom stereocenters. The predicted molar refractivity (Wildman–Crippen MR) is 84.7 cm³/mol. The normalized spacial score (nSPS) is 18.0. The van der Waals surface area contributed by atoms with E-state index in [0.29, 0.717) is 5.56 Å². The molecule has 2 N–H and O–H groups in total. The van der Waals surface area contributed by atoms with Crippen molar-refractivity contribution in [3.63, 3.8) is 0 Å². The summed E-state index contributed by atoms with van der Waals surface area (Å²) in [5.74, 6) is -1.92. The molecule has 1 aliphatic heterocycles. The lowest BCUT2D eigenvalue weighted by Gasteiger charge is -2.41. The van der Waals surface area contributed by atoms with Crippen molar-refractivity contribution < 1.29 is 24.7 Å². The molecule has 24 heavy (non-hydrogen) atoms. The summed E-state index contributed by atoms with van der Waals surface area (Å²) in [4.78, 5) is 34.9. The van der Waals surface area contributed by atoms with Gasteiger partial charge in [-0.05, 0) is 25.3 Å². The zero-order valence-corrected chi connectivity index (χ0v) is 13.3. The average molecular weight is 336 g/mol. The number of likely N-dealkylation sites (tertiary alicyclic amines) is 1. The molecule has 1 unspecified atom stereocenters. The number of carboxylic acid groups (broad SMARTS) is 2. The fourth-order valence-electron chi connectivity index (χ4n) is 3.36. The van der Waals surface area contributed by atoms with Crippen LogP contribution in [-0.2, 0) is 4.79 Å². The Bertz CT molecular complexity index is 634. The van der Waals surface area contributed by atoms with Gasteiger partial charge in [0.15, 0.2) is 0 Å². The summed E-state index contributed by atoms with van der Waals surface area (Å²) >= 11 is 0. The Morgan fingerprint density at radius 1 is 1.25 bits per heavy atom. The maximum atomic E-state index is 12.0. The van der Waals surface area contributed by atoms with E-state index in [1.807, 2.05) is 6.92 Å². The largest absolute Gasteiger partial charge is 0.481 e. The van der Waals surface area contributed by atoms with E-state index in [1.54, 1.807) is 24.3 Å². The van der Waals surface area contributed by atoms with Gasteiger partial charge >= 0.3 is 12.1 Å². The minimum atomic E-state index is -1.34. The highest BCUT2D eigenvalue weighted by Crippen LogP contribution is 2.45. The maximum Gasteiger partial charge on any atom is 0.407 e. The second-order valence-electron chi connectivity index (χ2n) is 6.21. The molecule has 1 amide bonds. The van der Waals surface area contributed by atoms with Crippen molar-refractivity contribution >= 4 is 12.1 Å². The van der Waals surface area contributed by atoms with E-state index in [0.717, 1.165) is 10.5 Å². The number of nitrogens with zero attached hydrogens (tertiary/aromatic N) is 2. The Hall–Kier alpha value is -2.64. The number of nitro groups is 1. The van der Waals surface area contributed by atoms with Gasteiger partial charge in [-0.2, -0.15) is 0 Å². The van der Waals surface area contributed by atoms with Crippen molar-refractivity contribution in [2.24, 2.45) is 5.41 Å². The molecule has 1 aliphatic rings. The third-order valence-electron chi connectivity index (χ3n) is 4.83. The maximum absolute atomic E-state index is 12.0. The van der Waals surface area contributed by atoms with Gasteiger partial charge in [0.2, 0.25) is 6.54 Å². The zero-order valence-electron chi connectivity index (χ0n) is 13.3. The topological polar surface area (TPSA) is 121 Å². The van der Waals surface area contributed by atoms with Gasteiger partial charge < -0.3 is 15.1 Å². The van der Waals surface area contributed by atoms with Crippen LogP contribution in [0.2, 0.25) is 0 Å². The molecule has 0 bridgehead atoms. The molecule has 1 saturated heterocycles. The van der Waals surface area contributed by atoms with E-state index in [9.17, 15) is 24.8 Å². The molecule has 0 radical (unpaired) electrons. The molecule has 1 aromatic carbocycles. The third kappa shape index (κ3) is 3.47. The number of piperidine rings is 1. The minimum absolute atomic E-state index is 0.0566. The van der Waals surface area contributed by atoms with Gasteiger partial charge in [-0.3, -0.25) is 14.9 Å². The number of amides is 1. The van der Waals surface area contributed by atoms with Crippen LogP contribution in [0.4, 0.5) is 4.79 Å². The number of carboxylic acids is 1. The number of carbonyl (C=O) groups is 2. The molecule has 8 heteroatoms. The first-order valence-electron chi connectivity index (χ1n) is 7.66. The van der Waals surface area contributed by atoms with Gasteiger partial charge in [0.05, 0.1) is 11.3 Å². The van der Waals surface area contributed by atoms with E-state index < -0.39 is 34.9 Å². The summed E-state index contributed by atoms with van der Waals surface area (Å²) in [6.45, 7) is 1.50. The standard InChI is InChI=1S/C16H20N2O6/c1-11-2-4-12(5-3-11)13(10-18(23)24)16(14(19)20)6-8-17(9-7-16)15(21)22/h2-5,13H,6-10H2,1H3,(H,19,20)(H,21,22). The summed E-state index contributed by atoms with van der Waals surface area (Å²) in [5, 5.41) is 30.0. The van der Waals surface area contributed by atoms with Gasteiger partial charge in [-0.1, -0.05) is 29.8 Å². The summed E-state index contributed by atoms with van der Waals surface area (Å²) < 4.78 is 0. The molecule has 0 aliphatic carbocycles. The third-order valence-corrected chi connectivity index (χ3v) is 4.83. The fourth-order valence-corrected chi connectivity index (χ4v) is 3.36. The van der Waals surface area contributed by atoms with E-state index in [-0.39, 0.29) is 25.9 Å². The van der Waals surface area contributed by atoms with Crippen LogP contribution >= 0.6 is 0 Å². The van der Waals surface area contributed by atoms with Gasteiger partial charge in [0.1, 0.15) is 0 Å². The van der Waals surface area contributed by atoms with Crippen LogP contribution in [0.15, 0.2) is 24.3 Å². The number of benzene rings is 1. The molecule has 1 heterocycles. The van der Waals surface area contributed by atoms with Gasteiger partial charge in [-0.25, -0.2) is 4.79 Å². The highest BCUT2D eigenvalue weighted by molar-refractivity contribution is 5.77. The molecule has 0 saturated carbocycles. The van der Waals surface area contributed by atoms with Crippen LogP contribution in [-0.4, -0.2) is 51.7 Å². The number of aryl methyl sites for hydroxylation is 1. The van der Waals surface area contributed by atoms with Crippen LogP contribution in [0.5, 0.6) is 0 Å². The van der Waals surface area contributed by atoms with Gasteiger partial charge in [0, 0.05) is 18.0 Å². The molecule has 1 aromatic rings. The van der Waals surface area contributed by atoms with E-state index in [4.69, 9.17) is 5.11 Å². The molecular formula is C16H20N2O6. The lowest BCUT2D eigenvalue weighted by molar-refractivity contribution is -0.486. The lowest BCUT2D eigenvalue weighted by atomic mass is 9.66. The highest BCUT2D eigenvalue weighted by atomic mass is 16.6. The van der Waals surface area contributed by atoms with Crippen molar-refractivity contribution in [3.8, 4) is 0 Å². The van der Waals surface area contributed by atoms with Crippen molar-refractivity contribution in [2.45, 2.75) is 25.7 Å². The first-order chi connectivity index (χ1) is 11.3. The SMILES string of the molecule is Cc1ccc(C(C[N+](=O)[O-])C2(C(=O)O)CCN(C(=O)O)CC2)cc1. The monoisotopic (exact) mass is 336 g/mol. The van der Waals surface area contributed by atoms with Crippen molar-refractivity contribution in [2.75, 3.05) is 19.6 Å². The first kappa shape index (κ1) is 17.7. The summed E-state index contributed by atoms with van der Waals surface area (Å²) in [6.07, 6.45) is -0.989.